The highest BCUT2D eigenvalue weighted by atomic mass is 16.5. The largest absolute Gasteiger partial charge is 0.373 e. The number of fused-ring (bicyclic) bond motifs is 2. The highest BCUT2D eigenvalue weighted by Crippen LogP contribution is 2.66. The van der Waals surface area contributed by atoms with E-state index >= 15 is 0 Å². The molecule has 3 rings (SSSR count). The van der Waals surface area contributed by atoms with E-state index in [1.165, 1.54) is 37.7 Å². The molecule has 0 spiro atoms. The molecule has 2 nitrogen and oxygen atoms in total. The summed E-state index contributed by atoms with van der Waals surface area (Å²) in [6, 6.07) is 0.760. The predicted molar refractivity (Wildman–Crippen MR) is 79.1 cm³/mol. The number of rotatable bonds is 6. The van der Waals surface area contributed by atoms with E-state index in [9.17, 15) is 0 Å². The zero-order valence-corrected chi connectivity index (χ0v) is 12.8. The summed E-state index contributed by atoms with van der Waals surface area (Å²) in [6.45, 7) is 13.1. The minimum Gasteiger partial charge on any atom is -0.373 e. The second-order valence-electron chi connectivity index (χ2n) is 7.82. The van der Waals surface area contributed by atoms with Gasteiger partial charge in [-0.2, -0.15) is 0 Å². The van der Waals surface area contributed by atoms with Gasteiger partial charge < -0.3 is 10.1 Å². The van der Waals surface area contributed by atoms with Gasteiger partial charge in [0.25, 0.3) is 0 Å². The molecule has 19 heavy (non-hydrogen) atoms. The van der Waals surface area contributed by atoms with E-state index in [0.29, 0.717) is 16.9 Å². The standard InChI is InChI=1S/C17H29NO/c1-12(10-18-14-5-6-14)11-19-15-9-13-7-8-17(15,4)16(13,2)3/h13-15,18H,1,5-11H2,2-4H3. The molecule has 3 saturated carbocycles. The molecule has 3 aliphatic rings. The number of hydrogen-bond donors (Lipinski definition) is 1. The zero-order valence-electron chi connectivity index (χ0n) is 12.8. The molecule has 3 atom stereocenters. The van der Waals surface area contributed by atoms with Crippen LogP contribution in [0.2, 0.25) is 0 Å². The predicted octanol–water partition coefficient (Wildman–Crippen LogP) is 3.53. The first-order valence-corrected chi connectivity index (χ1v) is 7.95. The van der Waals surface area contributed by atoms with Crippen LogP contribution in [0.4, 0.5) is 0 Å². The summed E-state index contributed by atoms with van der Waals surface area (Å²) in [5, 5.41) is 3.51. The van der Waals surface area contributed by atoms with Gasteiger partial charge in [-0.25, -0.2) is 0 Å². The normalized spacial score (nSPS) is 39.7. The van der Waals surface area contributed by atoms with Crippen molar-refractivity contribution in [3.63, 3.8) is 0 Å². The Morgan fingerprint density at radius 2 is 2.00 bits per heavy atom. The molecule has 0 saturated heterocycles. The highest BCUT2D eigenvalue weighted by molar-refractivity contribution is 5.11. The van der Waals surface area contributed by atoms with E-state index in [4.69, 9.17) is 4.74 Å². The second-order valence-corrected chi connectivity index (χ2v) is 7.82. The molecule has 2 heteroatoms. The monoisotopic (exact) mass is 263 g/mol. The molecule has 3 unspecified atom stereocenters. The Kier molecular flexibility index (Phi) is 3.30. The molecular weight excluding hydrogens is 234 g/mol. The zero-order chi connectivity index (χ0) is 13.7. The average Bonchev–Trinajstić information content (AvgIpc) is 3.12. The lowest BCUT2D eigenvalue weighted by atomic mass is 9.70. The van der Waals surface area contributed by atoms with E-state index < -0.39 is 0 Å². The summed E-state index contributed by atoms with van der Waals surface area (Å²) in [5.41, 5.74) is 2.03. The lowest BCUT2D eigenvalue weighted by Gasteiger charge is -2.39. The first-order chi connectivity index (χ1) is 8.93. The maximum atomic E-state index is 6.25. The molecule has 0 amide bonds. The van der Waals surface area contributed by atoms with Crippen molar-refractivity contribution in [2.24, 2.45) is 16.7 Å². The molecule has 0 aliphatic heterocycles. The molecule has 0 aromatic carbocycles. The fourth-order valence-electron chi connectivity index (χ4n) is 4.23. The number of nitrogens with one attached hydrogen (secondary N) is 1. The van der Waals surface area contributed by atoms with Crippen molar-refractivity contribution in [3.8, 4) is 0 Å². The van der Waals surface area contributed by atoms with Crippen molar-refractivity contribution < 1.29 is 4.74 Å². The van der Waals surface area contributed by atoms with Gasteiger partial charge in [0.15, 0.2) is 0 Å². The number of ether oxygens (including phenoxy) is 1. The maximum Gasteiger partial charge on any atom is 0.0690 e. The Morgan fingerprint density at radius 1 is 1.26 bits per heavy atom. The van der Waals surface area contributed by atoms with Crippen LogP contribution in [0.5, 0.6) is 0 Å². The van der Waals surface area contributed by atoms with Gasteiger partial charge in [0.1, 0.15) is 0 Å². The van der Waals surface area contributed by atoms with Crippen molar-refractivity contribution in [2.75, 3.05) is 13.2 Å². The average molecular weight is 263 g/mol. The minimum absolute atomic E-state index is 0.377. The Bertz CT molecular complexity index is 371. The third-order valence-electron chi connectivity index (χ3n) is 6.42. The van der Waals surface area contributed by atoms with Gasteiger partial charge in [-0.15, -0.1) is 0 Å². The van der Waals surface area contributed by atoms with Gasteiger partial charge in [0, 0.05) is 12.6 Å². The first-order valence-electron chi connectivity index (χ1n) is 7.95. The Balaban J connectivity index is 1.49. The molecule has 0 heterocycles. The fraction of sp³-hybridized carbons (Fsp3) is 0.882. The third-order valence-corrected chi connectivity index (χ3v) is 6.42. The van der Waals surface area contributed by atoms with Crippen LogP contribution in [0.3, 0.4) is 0 Å². The molecule has 0 aromatic heterocycles. The van der Waals surface area contributed by atoms with Gasteiger partial charge in [0.05, 0.1) is 12.7 Å². The van der Waals surface area contributed by atoms with Crippen LogP contribution in [0.1, 0.15) is 52.9 Å². The van der Waals surface area contributed by atoms with Crippen molar-refractivity contribution >= 4 is 0 Å². The molecular formula is C17H29NO. The number of hydrogen-bond acceptors (Lipinski definition) is 2. The van der Waals surface area contributed by atoms with Gasteiger partial charge in [-0.05, 0) is 54.4 Å². The smallest absolute Gasteiger partial charge is 0.0690 e. The lowest BCUT2D eigenvalue weighted by Crippen LogP contribution is -2.37. The van der Waals surface area contributed by atoms with E-state index in [1.54, 1.807) is 0 Å². The lowest BCUT2D eigenvalue weighted by molar-refractivity contribution is -0.0378. The molecule has 0 aromatic rings. The van der Waals surface area contributed by atoms with Crippen LogP contribution in [0.15, 0.2) is 12.2 Å². The molecule has 2 bridgehead atoms. The van der Waals surface area contributed by atoms with Crippen molar-refractivity contribution in [1.82, 2.24) is 5.32 Å². The molecule has 3 fully saturated rings. The summed E-state index contributed by atoms with van der Waals surface area (Å²) >= 11 is 0. The first kappa shape index (κ1) is 13.6. The van der Waals surface area contributed by atoms with Crippen LogP contribution < -0.4 is 5.32 Å². The SMILES string of the molecule is C=C(CNC1CC1)COC1CC2CCC1(C)C2(C)C. The van der Waals surface area contributed by atoms with Gasteiger partial charge >= 0.3 is 0 Å². The van der Waals surface area contributed by atoms with Crippen LogP contribution in [-0.2, 0) is 4.74 Å². The molecule has 3 aliphatic carbocycles. The fourth-order valence-corrected chi connectivity index (χ4v) is 4.23. The van der Waals surface area contributed by atoms with Crippen LogP contribution in [0.25, 0.3) is 0 Å². The van der Waals surface area contributed by atoms with Crippen molar-refractivity contribution in [1.29, 1.82) is 0 Å². The molecule has 108 valence electrons. The van der Waals surface area contributed by atoms with E-state index in [0.717, 1.165) is 25.1 Å². The topological polar surface area (TPSA) is 21.3 Å². The Labute approximate surface area is 118 Å². The van der Waals surface area contributed by atoms with E-state index in [2.05, 4.69) is 32.7 Å². The van der Waals surface area contributed by atoms with Gasteiger partial charge in [-0.1, -0.05) is 27.4 Å². The summed E-state index contributed by atoms with van der Waals surface area (Å²) in [5.74, 6) is 0.861. The van der Waals surface area contributed by atoms with Gasteiger partial charge in [0.2, 0.25) is 0 Å². The maximum absolute atomic E-state index is 6.25. The molecule has 0 radical (unpaired) electrons. The van der Waals surface area contributed by atoms with Crippen LogP contribution in [0, 0.1) is 16.7 Å². The van der Waals surface area contributed by atoms with E-state index in [-0.39, 0.29) is 0 Å². The highest BCUT2D eigenvalue weighted by Gasteiger charge is 2.61. The quantitative estimate of drug-likeness (QED) is 0.740. The van der Waals surface area contributed by atoms with E-state index in [1.807, 2.05) is 0 Å². The Morgan fingerprint density at radius 3 is 2.53 bits per heavy atom. The van der Waals surface area contributed by atoms with Crippen molar-refractivity contribution in [3.05, 3.63) is 12.2 Å². The third kappa shape index (κ3) is 2.27. The van der Waals surface area contributed by atoms with Crippen LogP contribution >= 0.6 is 0 Å². The summed E-state index contributed by atoms with van der Waals surface area (Å²) in [4.78, 5) is 0. The second kappa shape index (κ2) is 4.60. The summed E-state index contributed by atoms with van der Waals surface area (Å²) in [7, 11) is 0. The summed E-state index contributed by atoms with van der Waals surface area (Å²) < 4.78 is 6.25. The van der Waals surface area contributed by atoms with Crippen LogP contribution in [-0.4, -0.2) is 25.3 Å². The van der Waals surface area contributed by atoms with Gasteiger partial charge in [-0.3, -0.25) is 0 Å². The summed E-state index contributed by atoms with van der Waals surface area (Å²) in [6.07, 6.45) is 7.11. The minimum atomic E-state index is 0.377. The Hall–Kier alpha value is -0.340. The molecule has 1 N–H and O–H groups in total. The van der Waals surface area contributed by atoms with Crippen molar-refractivity contribution in [2.45, 2.75) is 65.0 Å².